The average Bonchev–Trinajstić information content (AvgIpc) is 2.68. The van der Waals surface area contributed by atoms with Crippen LogP contribution in [0.3, 0.4) is 0 Å². The topological polar surface area (TPSA) is 76.7 Å². The summed E-state index contributed by atoms with van der Waals surface area (Å²) >= 11 is 13.2. The average molecular weight is 591 g/mol. The number of halogens is 3. The number of carbonyl (C=O) groups is 2. The van der Waals surface area contributed by atoms with Crippen molar-refractivity contribution in [3.63, 3.8) is 0 Å². The lowest BCUT2D eigenvalue weighted by Gasteiger charge is -2.26. The number of benzene rings is 2. The summed E-state index contributed by atoms with van der Waals surface area (Å²) in [6.45, 7) is 6.13. The Hall–Kier alpha value is -1.81. The smallest absolute Gasteiger partial charge is 0.256 e. The molecule has 0 spiro atoms. The predicted octanol–water partition coefficient (Wildman–Crippen LogP) is 5.70. The van der Waals surface area contributed by atoms with Gasteiger partial charge in [0.15, 0.2) is 0 Å². The molecule has 0 atom stereocenters. The minimum atomic E-state index is -0.589. The fourth-order valence-corrected chi connectivity index (χ4v) is 3.84. The lowest BCUT2D eigenvalue weighted by molar-refractivity contribution is 0.0814. The maximum Gasteiger partial charge on any atom is 0.256 e. The number of methoxy groups -OCH3 is 1. The van der Waals surface area contributed by atoms with E-state index in [2.05, 4.69) is 33.2 Å². The summed E-state index contributed by atoms with van der Waals surface area (Å²) < 4.78 is 11.5. The fraction of sp³-hybridized carbons (Fsp3) is 0.304. The molecule has 2 rings (SSSR count). The third-order valence-corrected chi connectivity index (χ3v) is 5.58. The van der Waals surface area contributed by atoms with Crippen molar-refractivity contribution in [2.75, 3.05) is 25.6 Å². The molecule has 6 nitrogen and oxygen atoms in total. The van der Waals surface area contributed by atoms with Gasteiger partial charge in [-0.15, -0.1) is 0 Å². The zero-order chi connectivity index (χ0) is 23.9. The van der Waals surface area contributed by atoms with Crippen LogP contribution in [0.2, 0.25) is 0 Å². The number of aryl methyl sites for hydroxylation is 1. The number of rotatable bonds is 9. The Morgan fingerprint density at radius 2 is 1.88 bits per heavy atom. The molecule has 0 saturated heterocycles. The Kier molecular flexibility index (Phi) is 9.82. The summed E-state index contributed by atoms with van der Waals surface area (Å²) in [5, 5.41) is 5.81. The van der Waals surface area contributed by atoms with E-state index in [1.165, 1.54) is 6.08 Å². The first kappa shape index (κ1) is 26.4. The molecule has 0 fully saturated rings. The molecule has 0 unspecified atom stereocenters. The molecule has 0 aromatic heterocycles. The van der Waals surface area contributed by atoms with Gasteiger partial charge >= 0.3 is 0 Å². The SMILES string of the molecule is COCC(C)(C)NC(=O)c1c(I)cccc1C(=O)Nc1ccc(OCC=C(Cl)Cl)cc1C. The van der Waals surface area contributed by atoms with E-state index >= 15 is 0 Å². The van der Waals surface area contributed by atoms with Crippen LogP contribution in [0.1, 0.15) is 40.1 Å². The minimum absolute atomic E-state index is 0.133. The quantitative estimate of drug-likeness (QED) is 0.367. The van der Waals surface area contributed by atoms with Crippen molar-refractivity contribution in [3.05, 3.63) is 67.2 Å². The maximum absolute atomic E-state index is 13.1. The number of ether oxygens (including phenoxy) is 2. The van der Waals surface area contributed by atoms with E-state index in [-0.39, 0.29) is 28.5 Å². The molecule has 2 aromatic rings. The molecule has 172 valence electrons. The number of hydrogen-bond donors (Lipinski definition) is 2. The van der Waals surface area contributed by atoms with Gasteiger partial charge in [-0.2, -0.15) is 0 Å². The van der Waals surface area contributed by atoms with Crippen molar-refractivity contribution in [2.45, 2.75) is 26.3 Å². The van der Waals surface area contributed by atoms with Gasteiger partial charge in [0, 0.05) is 16.4 Å². The van der Waals surface area contributed by atoms with E-state index in [0.29, 0.717) is 27.2 Å². The Balaban J connectivity index is 2.23. The fourth-order valence-electron chi connectivity index (χ4n) is 2.97. The molecular weight excluding hydrogens is 566 g/mol. The lowest BCUT2D eigenvalue weighted by atomic mass is 10.0. The third-order valence-electron chi connectivity index (χ3n) is 4.38. The number of hydrogen-bond acceptors (Lipinski definition) is 4. The van der Waals surface area contributed by atoms with Gasteiger partial charge in [0.05, 0.1) is 23.3 Å². The van der Waals surface area contributed by atoms with Crippen molar-refractivity contribution in [1.29, 1.82) is 0 Å². The van der Waals surface area contributed by atoms with Gasteiger partial charge < -0.3 is 20.1 Å². The first-order valence-corrected chi connectivity index (χ1v) is 11.5. The molecule has 0 bridgehead atoms. The lowest BCUT2D eigenvalue weighted by Crippen LogP contribution is -2.47. The van der Waals surface area contributed by atoms with E-state index in [9.17, 15) is 9.59 Å². The minimum Gasteiger partial charge on any atom is -0.489 e. The van der Waals surface area contributed by atoms with Gasteiger partial charge in [0.25, 0.3) is 11.8 Å². The van der Waals surface area contributed by atoms with E-state index in [4.69, 9.17) is 32.7 Å². The first-order chi connectivity index (χ1) is 15.0. The van der Waals surface area contributed by atoms with Crippen LogP contribution in [-0.2, 0) is 4.74 Å². The molecule has 2 amide bonds. The predicted molar refractivity (Wildman–Crippen MR) is 137 cm³/mol. The number of carbonyl (C=O) groups excluding carboxylic acids is 2. The van der Waals surface area contributed by atoms with Crippen LogP contribution in [-0.4, -0.2) is 37.7 Å². The summed E-state index contributed by atoms with van der Waals surface area (Å²) in [7, 11) is 1.57. The Morgan fingerprint density at radius 1 is 1.16 bits per heavy atom. The number of amides is 2. The second-order valence-electron chi connectivity index (χ2n) is 7.67. The molecule has 0 radical (unpaired) electrons. The summed E-state index contributed by atoms with van der Waals surface area (Å²) in [5.74, 6) is -0.110. The maximum atomic E-state index is 13.1. The molecule has 0 aliphatic rings. The van der Waals surface area contributed by atoms with Gasteiger partial charge in [-0.1, -0.05) is 29.3 Å². The molecule has 0 aliphatic carbocycles. The van der Waals surface area contributed by atoms with Gasteiger partial charge in [-0.25, -0.2) is 0 Å². The summed E-state index contributed by atoms with van der Waals surface area (Å²) in [5.41, 5.74) is 1.42. The van der Waals surface area contributed by atoms with Crippen LogP contribution in [0.5, 0.6) is 5.75 Å². The van der Waals surface area contributed by atoms with E-state index in [0.717, 1.165) is 5.56 Å². The number of anilines is 1. The van der Waals surface area contributed by atoms with Gasteiger partial charge in [-0.3, -0.25) is 9.59 Å². The van der Waals surface area contributed by atoms with Crippen LogP contribution in [0.4, 0.5) is 5.69 Å². The highest BCUT2D eigenvalue weighted by molar-refractivity contribution is 14.1. The Labute approximate surface area is 211 Å². The molecule has 0 saturated carbocycles. The van der Waals surface area contributed by atoms with E-state index in [1.807, 2.05) is 20.8 Å². The standard InChI is InChI=1S/C23H25Cl2IN2O4/c1-14-12-15(32-11-10-19(24)25)8-9-18(14)27-21(29)16-6-5-7-17(26)20(16)22(30)28-23(2,3)13-31-4/h5-10,12H,11,13H2,1-4H3,(H,27,29)(H,28,30). The first-order valence-electron chi connectivity index (χ1n) is 9.70. The zero-order valence-electron chi connectivity index (χ0n) is 18.2. The number of nitrogens with one attached hydrogen (secondary N) is 2. The van der Waals surface area contributed by atoms with Crippen molar-refractivity contribution in [1.82, 2.24) is 5.32 Å². The molecule has 32 heavy (non-hydrogen) atoms. The molecule has 2 N–H and O–H groups in total. The summed E-state index contributed by atoms with van der Waals surface area (Å²) in [4.78, 5) is 26.1. The second kappa shape index (κ2) is 11.9. The third kappa shape index (κ3) is 7.65. The molecule has 2 aromatic carbocycles. The molecule has 0 heterocycles. The molecular formula is C23H25Cl2IN2O4. The van der Waals surface area contributed by atoms with Crippen LogP contribution in [0, 0.1) is 10.5 Å². The van der Waals surface area contributed by atoms with Crippen molar-refractivity contribution in [3.8, 4) is 5.75 Å². The van der Waals surface area contributed by atoms with E-state index in [1.54, 1.807) is 43.5 Å². The normalized spacial score (nSPS) is 11.0. The van der Waals surface area contributed by atoms with Gasteiger partial charge in [0.1, 0.15) is 16.8 Å². The van der Waals surface area contributed by atoms with Gasteiger partial charge in [-0.05, 0) is 85.3 Å². The van der Waals surface area contributed by atoms with Crippen LogP contribution in [0.25, 0.3) is 0 Å². The highest BCUT2D eigenvalue weighted by atomic mass is 127. The van der Waals surface area contributed by atoms with Crippen LogP contribution < -0.4 is 15.4 Å². The molecule has 9 heteroatoms. The largest absolute Gasteiger partial charge is 0.489 e. The highest BCUT2D eigenvalue weighted by Crippen LogP contribution is 2.24. The van der Waals surface area contributed by atoms with Crippen molar-refractivity contribution < 1.29 is 19.1 Å². The van der Waals surface area contributed by atoms with E-state index < -0.39 is 5.54 Å². The monoisotopic (exact) mass is 590 g/mol. The Morgan fingerprint density at radius 3 is 2.50 bits per heavy atom. The highest BCUT2D eigenvalue weighted by Gasteiger charge is 2.26. The van der Waals surface area contributed by atoms with Crippen LogP contribution in [0.15, 0.2) is 47.0 Å². The van der Waals surface area contributed by atoms with Gasteiger partial charge in [0.2, 0.25) is 0 Å². The summed E-state index contributed by atoms with van der Waals surface area (Å²) in [6, 6.07) is 10.4. The zero-order valence-corrected chi connectivity index (χ0v) is 21.9. The molecule has 0 aliphatic heterocycles. The summed E-state index contributed by atoms with van der Waals surface area (Å²) in [6.07, 6.45) is 1.53. The van der Waals surface area contributed by atoms with Crippen molar-refractivity contribution in [2.24, 2.45) is 0 Å². The van der Waals surface area contributed by atoms with Crippen LogP contribution >= 0.6 is 45.8 Å². The second-order valence-corrected chi connectivity index (χ2v) is 9.84. The van der Waals surface area contributed by atoms with Crippen molar-refractivity contribution >= 4 is 63.3 Å². The Bertz CT molecular complexity index is 1020.